The van der Waals surface area contributed by atoms with E-state index in [1.807, 2.05) is 0 Å². The van der Waals surface area contributed by atoms with E-state index in [9.17, 15) is 39.7 Å². The van der Waals surface area contributed by atoms with Crippen LogP contribution < -0.4 is 0 Å². The maximum atomic E-state index is 14.5. The van der Waals surface area contributed by atoms with Gasteiger partial charge in [0.1, 0.15) is 0 Å². The van der Waals surface area contributed by atoms with Crippen LogP contribution in [0.5, 0.6) is 0 Å². The fourth-order valence-corrected chi connectivity index (χ4v) is 3.81. The van der Waals surface area contributed by atoms with Crippen LogP contribution in [0, 0.1) is 6.92 Å². The number of aromatic carboxylic acids is 1. The van der Waals surface area contributed by atoms with Crippen molar-refractivity contribution in [1.82, 2.24) is 0 Å². The smallest absolute Gasteiger partial charge is 0.435 e. The summed E-state index contributed by atoms with van der Waals surface area (Å²) in [6, 6.07) is 0.531. The van der Waals surface area contributed by atoms with E-state index in [1.165, 1.54) is 13.8 Å². The quantitative estimate of drug-likeness (QED) is 0.706. The van der Waals surface area contributed by atoms with Gasteiger partial charge in [-0.1, -0.05) is 19.9 Å². The molecule has 0 spiro atoms. The average molecular weight is 408 g/mol. The van der Waals surface area contributed by atoms with Crippen LogP contribution in [0.4, 0.5) is 30.7 Å². The zero-order valence-corrected chi connectivity index (χ0v) is 14.6. The van der Waals surface area contributed by atoms with Crippen molar-refractivity contribution in [3.8, 4) is 0 Å². The number of carbonyl (C=O) groups is 1. The van der Waals surface area contributed by atoms with Gasteiger partial charge in [0.2, 0.25) is 0 Å². The number of hydrogen-bond donors (Lipinski definition) is 1. The van der Waals surface area contributed by atoms with E-state index in [0.29, 0.717) is 6.07 Å². The van der Waals surface area contributed by atoms with Crippen LogP contribution in [-0.2, 0) is 16.5 Å². The molecule has 0 saturated heterocycles. The third kappa shape index (κ3) is 3.58. The van der Waals surface area contributed by atoms with Gasteiger partial charge in [-0.05, 0) is 25.0 Å². The monoisotopic (exact) mass is 408 g/mol. The second-order valence-corrected chi connectivity index (χ2v) is 7.40. The van der Waals surface area contributed by atoms with E-state index in [-0.39, 0.29) is 12.5 Å². The minimum atomic E-state index is -6.39. The Kier molecular flexibility index (Phi) is 6.17. The molecular weight excluding hydrogens is 393 g/mol. The van der Waals surface area contributed by atoms with Gasteiger partial charge in [-0.25, -0.2) is 9.18 Å². The van der Waals surface area contributed by atoms with Gasteiger partial charge in [0.15, 0.2) is 0 Å². The molecule has 0 aliphatic carbocycles. The van der Waals surface area contributed by atoms with Crippen LogP contribution >= 0.6 is 0 Å². The molecule has 0 aliphatic rings. The van der Waals surface area contributed by atoms with Gasteiger partial charge in [0.25, 0.3) is 0 Å². The van der Waals surface area contributed by atoms with E-state index in [4.69, 9.17) is 5.11 Å². The average Bonchev–Trinajstić information content (AvgIpc) is 2.49. The maximum Gasteiger partial charge on any atom is 0.435 e. The molecule has 0 bridgehead atoms. The summed E-state index contributed by atoms with van der Waals surface area (Å²) in [5.74, 6) is -1.65. The predicted octanol–water partition coefficient (Wildman–Crippen LogP) is 4.89. The number of rotatable bonds is 5. The molecule has 0 radical (unpaired) electrons. The zero-order valence-electron chi connectivity index (χ0n) is 13.8. The second kappa shape index (κ2) is 7.16. The molecule has 1 N–H and O–H groups in total. The predicted molar refractivity (Wildman–Crippen MR) is 79.2 cm³/mol. The summed E-state index contributed by atoms with van der Waals surface area (Å²) in [5, 5.41) is 8.12. The molecule has 26 heavy (non-hydrogen) atoms. The van der Waals surface area contributed by atoms with E-state index in [2.05, 4.69) is 0 Å². The number of carboxylic acid groups (broad SMARTS) is 1. The Labute approximate surface area is 146 Å². The highest BCUT2D eigenvalue weighted by molar-refractivity contribution is 7.85. The highest BCUT2D eigenvalue weighted by Gasteiger charge is 2.74. The van der Waals surface area contributed by atoms with Gasteiger partial charge >= 0.3 is 24.0 Å². The molecule has 1 rings (SSSR count). The summed E-state index contributed by atoms with van der Waals surface area (Å²) in [6.45, 7) is 3.67. The van der Waals surface area contributed by atoms with Crippen molar-refractivity contribution in [2.24, 2.45) is 0 Å². The SMILES string of the molecule is CC[C@H](C)[S@@](=O)c1c(C(F)(C(F)(F)F)C(F)(F)F)ccc(C(=O)O)c1C. The minimum absolute atomic E-state index is 0.0903. The van der Waals surface area contributed by atoms with Crippen LogP contribution in [0.2, 0.25) is 0 Å². The van der Waals surface area contributed by atoms with E-state index in [0.717, 1.165) is 6.92 Å². The summed E-state index contributed by atoms with van der Waals surface area (Å²) >= 11 is 0. The Morgan fingerprint density at radius 1 is 1.12 bits per heavy atom. The Morgan fingerprint density at radius 3 is 1.92 bits per heavy atom. The normalized spacial score (nSPS) is 15.6. The lowest BCUT2D eigenvalue weighted by Crippen LogP contribution is -2.51. The van der Waals surface area contributed by atoms with Gasteiger partial charge in [-0.3, -0.25) is 4.21 Å². The molecule has 0 unspecified atom stereocenters. The highest BCUT2D eigenvalue weighted by atomic mass is 32.2. The molecule has 3 nitrogen and oxygen atoms in total. The summed E-state index contributed by atoms with van der Waals surface area (Å²) in [6.07, 6.45) is -12.7. The molecule has 0 saturated carbocycles. The Balaban J connectivity index is 4.00. The van der Waals surface area contributed by atoms with Crippen molar-refractivity contribution < 1.29 is 44.8 Å². The fraction of sp³-hybridized carbons (Fsp3) is 0.533. The molecule has 0 amide bonds. The van der Waals surface area contributed by atoms with Gasteiger partial charge in [-0.15, -0.1) is 0 Å². The van der Waals surface area contributed by atoms with E-state index >= 15 is 0 Å². The van der Waals surface area contributed by atoms with Crippen LogP contribution in [-0.4, -0.2) is 32.9 Å². The Morgan fingerprint density at radius 2 is 1.58 bits per heavy atom. The van der Waals surface area contributed by atoms with Crippen molar-refractivity contribution in [1.29, 1.82) is 0 Å². The summed E-state index contributed by atoms with van der Waals surface area (Å²) < 4.78 is 106. The van der Waals surface area contributed by atoms with Crippen molar-refractivity contribution in [2.75, 3.05) is 0 Å². The first-order chi connectivity index (χ1) is 11.6. The van der Waals surface area contributed by atoms with Crippen molar-refractivity contribution >= 4 is 16.8 Å². The Hall–Kier alpha value is -1.65. The largest absolute Gasteiger partial charge is 0.478 e. The third-order valence-electron chi connectivity index (χ3n) is 3.93. The van der Waals surface area contributed by atoms with Crippen LogP contribution in [0.25, 0.3) is 0 Å². The zero-order chi connectivity index (χ0) is 20.7. The van der Waals surface area contributed by atoms with Crippen LogP contribution in [0.1, 0.15) is 41.8 Å². The molecule has 2 atom stereocenters. The van der Waals surface area contributed by atoms with Crippen LogP contribution in [0.3, 0.4) is 0 Å². The van der Waals surface area contributed by atoms with Crippen molar-refractivity contribution in [3.05, 3.63) is 28.8 Å². The first-order valence-corrected chi connectivity index (χ1v) is 8.42. The first kappa shape index (κ1) is 22.4. The van der Waals surface area contributed by atoms with Gasteiger partial charge < -0.3 is 5.11 Å². The van der Waals surface area contributed by atoms with Crippen molar-refractivity contribution in [3.63, 3.8) is 0 Å². The second-order valence-electron chi connectivity index (χ2n) is 5.59. The fourth-order valence-electron chi connectivity index (χ4n) is 2.27. The number of alkyl halides is 7. The number of benzene rings is 1. The third-order valence-corrected chi connectivity index (χ3v) is 5.92. The lowest BCUT2D eigenvalue weighted by atomic mass is 9.91. The molecule has 0 aliphatic heterocycles. The number of halogens is 7. The maximum absolute atomic E-state index is 14.5. The topological polar surface area (TPSA) is 54.4 Å². The summed E-state index contributed by atoms with van der Waals surface area (Å²) in [5.41, 5.74) is -8.96. The lowest BCUT2D eigenvalue weighted by molar-refractivity contribution is -0.349. The number of carboxylic acids is 1. The van der Waals surface area contributed by atoms with Gasteiger partial charge in [0.05, 0.1) is 16.4 Å². The molecule has 0 fully saturated rings. The van der Waals surface area contributed by atoms with Gasteiger partial charge in [-0.2, -0.15) is 26.3 Å². The molecule has 148 valence electrons. The summed E-state index contributed by atoms with van der Waals surface area (Å²) in [4.78, 5) is 10.1. The molecule has 1 aromatic carbocycles. The molecule has 1 aromatic rings. The molecule has 0 aromatic heterocycles. The standard InChI is InChI=1S/C15H15F7O3S/c1-4-7(2)26(25)11-8(3)9(12(23)24)5-6-10(11)13(16,14(17,18)19)15(20,21)22/h5-7H,4H2,1-3H3,(H,23,24)/t7-,26+/m0/s1. The summed E-state index contributed by atoms with van der Waals surface area (Å²) in [7, 11) is -2.50. The number of hydrogen-bond acceptors (Lipinski definition) is 2. The molecule has 11 heteroatoms. The Bertz CT molecular complexity index is 711. The van der Waals surface area contributed by atoms with E-state index in [1.54, 1.807) is 0 Å². The van der Waals surface area contributed by atoms with Crippen molar-refractivity contribution in [2.45, 2.75) is 55.4 Å². The highest BCUT2D eigenvalue weighted by Crippen LogP contribution is 2.55. The molecular formula is C15H15F7O3S. The van der Waals surface area contributed by atoms with Crippen LogP contribution in [0.15, 0.2) is 17.0 Å². The lowest BCUT2D eigenvalue weighted by Gasteiger charge is -2.32. The van der Waals surface area contributed by atoms with E-state index < -0.39 is 61.6 Å². The first-order valence-electron chi connectivity index (χ1n) is 7.21. The minimum Gasteiger partial charge on any atom is -0.478 e. The van der Waals surface area contributed by atoms with Gasteiger partial charge in [0, 0.05) is 15.7 Å². The molecule has 0 heterocycles.